The summed E-state index contributed by atoms with van der Waals surface area (Å²) in [6, 6.07) is 0. The fourth-order valence-electron chi connectivity index (χ4n) is 8.76. The van der Waals surface area contributed by atoms with Crippen molar-refractivity contribution in [2.24, 2.45) is 52.3 Å². The number of rotatable bonds is 5. The van der Waals surface area contributed by atoms with Gasteiger partial charge >= 0.3 is 0 Å². The molecular formula is C28H48O2. The SMILES string of the molecule is CC(C)C(C)CCC(C)C1C(O)CC2C3CC=C4CC(O)CCC4(C)C3CCC21C. The number of aliphatic hydroxyl groups is 2. The maximum absolute atomic E-state index is 11.3. The minimum absolute atomic E-state index is 0.116. The molecule has 30 heavy (non-hydrogen) atoms. The Hall–Kier alpha value is -0.340. The van der Waals surface area contributed by atoms with E-state index in [1.165, 1.54) is 32.1 Å². The van der Waals surface area contributed by atoms with Crippen LogP contribution in [0.3, 0.4) is 0 Å². The van der Waals surface area contributed by atoms with Gasteiger partial charge in [-0.3, -0.25) is 0 Å². The molecule has 0 aliphatic heterocycles. The molecular weight excluding hydrogens is 368 g/mol. The zero-order chi connectivity index (χ0) is 21.8. The van der Waals surface area contributed by atoms with E-state index >= 15 is 0 Å². The van der Waals surface area contributed by atoms with Gasteiger partial charge in [0.1, 0.15) is 0 Å². The standard InChI is InChI=1S/C28H48O2/c1-17(2)18(3)7-8-19(4)26-25(30)16-24-22-10-9-20-15-21(29)11-13-27(20,5)23(22)12-14-28(24,26)6/h9,17-19,21-26,29-30H,7-8,10-16H2,1-6H3. The molecule has 4 rings (SSSR count). The molecule has 0 amide bonds. The molecule has 2 N–H and O–H groups in total. The molecule has 0 saturated heterocycles. The average Bonchev–Trinajstić information content (AvgIpc) is 2.96. The fourth-order valence-corrected chi connectivity index (χ4v) is 8.76. The molecule has 0 aromatic heterocycles. The molecule has 0 bridgehead atoms. The zero-order valence-corrected chi connectivity index (χ0v) is 20.5. The van der Waals surface area contributed by atoms with Gasteiger partial charge in [0.15, 0.2) is 0 Å². The van der Waals surface area contributed by atoms with Gasteiger partial charge in [0, 0.05) is 0 Å². The molecule has 2 nitrogen and oxygen atoms in total. The Bertz CT molecular complexity index is 653. The Morgan fingerprint density at radius 3 is 2.43 bits per heavy atom. The van der Waals surface area contributed by atoms with E-state index in [1.807, 2.05) is 0 Å². The first-order valence-corrected chi connectivity index (χ1v) is 13.1. The minimum Gasteiger partial charge on any atom is -0.393 e. The quantitative estimate of drug-likeness (QED) is 0.495. The molecule has 0 spiro atoms. The summed E-state index contributed by atoms with van der Waals surface area (Å²) in [4.78, 5) is 0. The first kappa shape index (κ1) is 22.8. The minimum atomic E-state index is -0.124. The van der Waals surface area contributed by atoms with Crippen LogP contribution in [0.25, 0.3) is 0 Å². The molecule has 2 heteroatoms. The van der Waals surface area contributed by atoms with Crippen molar-refractivity contribution < 1.29 is 10.2 Å². The molecule has 172 valence electrons. The van der Waals surface area contributed by atoms with E-state index < -0.39 is 0 Å². The molecule has 3 fully saturated rings. The highest BCUT2D eigenvalue weighted by Gasteiger charge is 2.61. The molecule has 0 radical (unpaired) electrons. The van der Waals surface area contributed by atoms with Crippen LogP contribution in [0.5, 0.6) is 0 Å². The van der Waals surface area contributed by atoms with Crippen LogP contribution >= 0.6 is 0 Å². The van der Waals surface area contributed by atoms with E-state index in [0.717, 1.165) is 49.4 Å². The van der Waals surface area contributed by atoms with Crippen molar-refractivity contribution in [2.45, 2.75) is 112 Å². The van der Waals surface area contributed by atoms with Crippen LogP contribution in [-0.2, 0) is 0 Å². The highest BCUT2D eigenvalue weighted by molar-refractivity contribution is 5.25. The van der Waals surface area contributed by atoms with Crippen LogP contribution in [0.2, 0.25) is 0 Å². The first-order chi connectivity index (χ1) is 14.1. The summed E-state index contributed by atoms with van der Waals surface area (Å²) in [6.07, 6.45) is 12.7. The molecule has 10 unspecified atom stereocenters. The van der Waals surface area contributed by atoms with Gasteiger partial charge in [-0.1, -0.05) is 66.0 Å². The summed E-state index contributed by atoms with van der Waals surface area (Å²) in [5.41, 5.74) is 2.15. The van der Waals surface area contributed by atoms with Crippen molar-refractivity contribution in [1.82, 2.24) is 0 Å². The number of hydrogen-bond donors (Lipinski definition) is 2. The molecule has 0 heterocycles. The van der Waals surface area contributed by atoms with Crippen LogP contribution in [0.1, 0.15) is 99.3 Å². The Morgan fingerprint density at radius 1 is 1.00 bits per heavy atom. The van der Waals surface area contributed by atoms with Gasteiger partial charge in [-0.05, 0) is 97.2 Å². The predicted octanol–water partition coefficient (Wildman–Crippen LogP) is 6.61. The third-order valence-electron chi connectivity index (χ3n) is 11.0. The van der Waals surface area contributed by atoms with Crippen molar-refractivity contribution in [1.29, 1.82) is 0 Å². The van der Waals surface area contributed by atoms with Crippen LogP contribution in [0.4, 0.5) is 0 Å². The lowest BCUT2D eigenvalue weighted by Gasteiger charge is -2.58. The van der Waals surface area contributed by atoms with Crippen LogP contribution in [-0.4, -0.2) is 22.4 Å². The highest BCUT2D eigenvalue weighted by Crippen LogP contribution is 2.67. The average molecular weight is 417 g/mol. The molecule has 0 aromatic carbocycles. The van der Waals surface area contributed by atoms with Crippen molar-refractivity contribution >= 4 is 0 Å². The lowest BCUT2D eigenvalue weighted by molar-refractivity contribution is -0.0622. The van der Waals surface area contributed by atoms with Gasteiger partial charge in [0.2, 0.25) is 0 Å². The Balaban J connectivity index is 1.53. The lowest BCUT2D eigenvalue weighted by atomic mass is 9.47. The summed E-state index contributed by atoms with van der Waals surface area (Å²) in [5.74, 6) is 4.76. The highest BCUT2D eigenvalue weighted by atomic mass is 16.3. The van der Waals surface area contributed by atoms with Gasteiger partial charge in [-0.25, -0.2) is 0 Å². The second-order valence-corrected chi connectivity index (χ2v) is 12.8. The Morgan fingerprint density at radius 2 is 1.73 bits per heavy atom. The van der Waals surface area contributed by atoms with E-state index in [4.69, 9.17) is 0 Å². The normalized spacial score (nSPS) is 47.8. The largest absolute Gasteiger partial charge is 0.393 e. The third kappa shape index (κ3) is 3.62. The number of hydrogen-bond acceptors (Lipinski definition) is 2. The van der Waals surface area contributed by atoms with Gasteiger partial charge in [0.05, 0.1) is 12.2 Å². The fraction of sp³-hybridized carbons (Fsp3) is 0.929. The topological polar surface area (TPSA) is 40.5 Å². The zero-order valence-electron chi connectivity index (χ0n) is 20.5. The molecule has 0 aromatic rings. The summed E-state index contributed by atoms with van der Waals surface area (Å²) >= 11 is 0. The van der Waals surface area contributed by atoms with E-state index in [-0.39, 0.29) is 12.2 Å². The second-order valence-electron chi connectivity index (χ2n) is 12.8. The van der Waals surface area contributed by atoms with Crippen LogP contribution < -0.4 is 0 Å². The van der Waals surface area contributed by atoms with Gasteiger partial charge in [-0.2, -0.15) is 0 Å². The van der Waals surface area contributed by atoms with Gasteiger partial charge in [0.25, 0.3) is 0 Å². The van der Waals surface area contributed by atoms with Crippen molar-refractivity contribution in [3.63, 3.8) is 0 Å². The second kappa shape index (κ2) is 8.22. The maximum atomic E-state index is 11.3. The van der Waals surface area contributed by atoms with Crippen molar-refractivity contribution in [3.05, 3.63) is 11.6 Å². The van der Waals surface area contributed by atoms with E-state index in [9.17, 15) is 10.2 Å². The monoisotopic (exact) mass is 416 g/mol. The smallest absolute Gasteiger partial charge is 0.0579 e. The maximum Gasteiger partial charge on any atom is 0.0579 e. The number of fused-ring (bicyclic) bond motifs is 5. The van der Waals surface area contributed by atoms with E-state index in [1.54, 1.807) is 5.57 Å². The molecule has 4 aliphatic carbocycles. The molecule has 4 aliphatic rings. The Kier molecular flexibility index (Phi) is 6.26. The van der Waals surface area contributed by atoms with Crippen molar-refractivity contribution in [2.75, 3.05) is 0 Å². The van der Waals surface area contributed by atoms with E-state index in [2.05, 4.69) is 47.6 Å². The first-order valence-electron chi connectivity index (χ1n) is 13.1. The molecule has 10 atom stereocenters. The van der Waals surface area contributed by atoms with Crippen molar-refractivity contribution in [3.8, 4) is 0 Å². The van der Waals surface area contributed by atoms with Gasteiger partial charge in [-0.15, -0.1) is 0 Å². The van der Waals surface area contributed by atoms with E-state index in [0.29, 0.717) is 28.6 Å². The van der Waals surface area contributed by atoms with Crippen LogP contribution in [0, 0.1) is 52.3 Å². The van der Waals surface area contributed by atoms with Gasteiger partial charge < -0.3 is 10.2 Å². The summed E-state index contributed by atoms with van der Waals surface area (Å²) < 4.78 is 0. The lowest BCUT2D eigenvalue weighted by Crippen LogP contribution is -2.51. The third-order valence-corrected chi connectivity index (χ3v) is 11.0. The Labute approximate surface area is 185 Å². The number of allylic oxidation sites excluding steroid dienone is 1. The summed E-state index contributed by atoms with van der Waals surface area (Å²) in [7, 11) is 0. The predicted molar refractivity (Wildman–Crippen MR) is 125 cm³/mol. The summed E-state index contributed by atoms with van der Waals surface area (Å²) in [6.45, 7) is 14.6. The molecule has 3 saturated carbocycles. The van der Waals surface area contributed by atoms with Crippen LogP contribution in [0.15, 0.2) is 11.6 Å². The summed E-state index contributed by atoms with van der Waals surface area (Å²) in [5, 5.41) is 21.5. The number of aliphatic hydroxyl groups excluding tert-OH is 2.